The van der Waals surface area contributed by atoms with Crippen molar-refractivity contribution in [1.29, 1.82) is 0 Å². The third kappa shape index (κ3) is 6.81. The molecule has 11 heteroatoms. The fourth-order valence-electron chi connectivity index (χ4n) is 3.66. The number of carbonyl (C=O) groups is 1. The molecule has 1 N–H and O–H groups in total. The van der Waals surface area contributed by atoms with Crippen LogP contribution in [0.1, 0.15) is 20.8 Å². The Balaban J connectivity index is 0.000000179. The fraction of sp³-hybridized carbons (Fsp3) is 0.550. The quantitative estimate of drug-likeness (QED) is 0.604. The summed E-state index contributed by atoms with van der Waals surface area (Å²) in [7, 11) is 0. The van der Waals surface area contributed by atoms with E-state index in [0.29, 0.717) is 6.04 Å². The van der Waals surface area contributed by atoms with Gasteiger partial charge in [-0.15, -0.1) is 0 Å². The molecule has 0 unspecified atom stereocenters. The molecule has 4 rings (SSSR count). The molecule has 31 heavy (non-hydrogen) atoms. The smallest absolute Gasteiger partial charge is 0.225 e. The number of carbonyl (C=O) groups excluding carboxylic acids is 1. The van der Waals surface area contributed by atoms with Gasteiger partial charge in [0, 0.05) is 83.1 Å². The molecule has 0 bridgehead atoms. The first-order chi connectivity index (χ1) is 14.8. The minimum atomic E-state index is 0.133. The molecular formula is C20H28Br2N8O. The second kappa shape index (κ2) is 11.1. The Morgan fingerprint density at radius 1 is 0.903 bits per heavy atom. The first kappa shape index (κ1) is 23.8. The van der Waals surface area contributed by atoms with Gasteiger partial charge in [-0.2, -0.15) is 0 Å². The van der Waals surface area contributed by atoms with Gasteiger partial charge < -0.3 is 20.0 Å². The van der Waals surface area contributed by atoms with Crippen LogP contribution in [-0.2, 0) is 4.79 Å². The van der Waals surface area contributed by atoms with Crippen LogP contribution in [0.2, 0.25) is 0 Å². The predicted octanol–water partition coefficient (Wildman–Crippen LogP) is 2.33. The van der Waals surface area contributed by atoms with Crippen LogP contribution in [0.5, 0.6) is 0 Å². The largest absolute Gasteiger partial charge is 0.338 e. The van der Waals surface area contributed by atoms with Gasteiger partial charge in [-0.1, -0.05) is 0 Å². The van der Waals surface area contributed by atoms with Crippen molar-refractivity contribution in [2.45, 2.75) is 32.9 Å². The van der Waals surface area contributed by atoms with Crippen LogP contribution in [0.15, 0.2) is 33.7 Å². The molecule has 0 radical (unpaired) electrons. The summed E-state index contributed by atoms with van der Waals surface area (Å²) in [6.45, 7) is 11.1. The first-order valence-corrected chi connectivity index (χ1v) is 11.9. The molecule has 0 aliphatic carbocycles. The van der Waals surface area contributed by atoms with E-state index < -0.39 is 0 Å². The molecule has 2 saturated heterocycles. The standard InChI is InChI=1S/C11H15BrN4O.C9H13BrN4/c1-8-7-15(3-4-16(8)9(2)17)11-13-5-10(12)6-14-11;1-7-6-14(3-2-11-7)9-12-4-8(10)5-13-9/h5-6,8H,3-4,7H2,1-2H3;4-5,7,11H,2-3,6H2,1H3/t8-;7-/m11/s1. The summed E-state index contributed by atoms with van der Waals surface area (Å²) < 4.78 is 1.79. The maximum atomic E-state index is 11.4. The van der Waals surface area contributed by atoms with E-state index in [9.17, 15) is 4.79 Å². The number of anilines is 2. The second-order valence-electron chi connectivity index (χ2n) is 7.71. The lowest BCUT2D eigenvalue weighted by Gasteiger charge is -2.39. The molecule has 2 atom stereocenters. The molecule has 2 aliphatic heterocycles. The van der Waals surface area contributed by atoms with E-state index in [1.54, 1.807) is 31.7 Å². The van der Waals surface area contributed by atoms with Crippen molar-refractivity contribution in [3.63, 3.8) is 0 Å². The SMILES string of the molecule is CC(=O)N1CCN(c2ncc(Br)cn2)C[C@H]1C.C[C@@H]1CN(c2ncc(Br)cn2)CCN1. The highest BCUT2D eigenvalue weighted by atomic mass is 79.9. The second-order valence-corrected chi connectivity index (χ2v) is 9.54. The average molecular weight is 556 g/mol. The topological polar surface area (TPSA) is 90.4 Å². The molecular weight excluding hydrogens is 528 g/mol. The fourth-order valence-corrected chi connectivity index (χ4v) is 4.07. The van der Waals surface area contributed by atoms with E-state index in [1.165, 1.54) is 0 Å². The van der Waals surface area contributed by atoms with E-state index in [1.807, 2.05) is 11.8 Å². The van der Waals surface area contributed by atoms with Crippen molar-refractivity contribution in [1.82, 2.24) is 30.2 Å². The highest BCUT2D eigenvalue weighted by Crippen LogP contribution is 2.16. The van der Waals surface area contributed by atoms with Gasteiger partial charge in [0.2, 0.25) is 17.8 Å². The molecule has 2 aromatic heterocycles. The summed E-state index contributed by atoms with van der Waals surface area (Å²) in [4.78, 5) is 34.7. The Morgan fingerprint density at radius 2 is 1.42 bits per heavy atom. The lowest BCUT2D eigenvalue weighted by atomic mass is 10.2. The van der Waals surface area contributed by atoms with Gasteiger partial charge in [0.25, 0.3) is 0 Å². The molecule has 2 aromatic rings. The number of aromatic nitrogens is 4. The summed E-state index contributed by atoms with van der Waals surface area (Å²) in [6, 6.07) is 0.712. The van der Waals surface area contributed by atoms with Crippen LogP contribution in [0.4, 0.5) is 11.9 Å². The zero-order valence-corrected chi connectivity index (χ0v) is 21.2. The number of nitrogens with zero attached hydrogens (tertiary/aromatic N) is 7. The van der Waals surface area contributed by atoms with Crippen LogP contribution >= 0.6 is 31.9 Å². The Bertz CT molecular complexity index is 851. The molecule has 2 aliphatic rings. The Labute approximate surface area is 199 Å². The van der Waals surface area contributed by atoms with Crippen LogP contribution in [0, 0.1) is 0 Å². The third-order valence-electron chi connectivity index (χ3n) is 5.18. The monoisotopic (exact) mass is 554 g/mol. The van der Waals surface area contributed by atoms with Crippen LogP contribution < -0.4 is 15.1 Å². The Hall–Kier alpha value is -1.85. The van der Waals surface area contributed by atoms with Gasteiger partial charge in [-0.25, -0.2) is 19.9 Å². The number of halogens is 2. The Kier molecular flexibility index (Phi) is 8.56. The molecule has 9 nitrogen and oxygen atoms in total. The van der Waals surface area contributed by atoms with E-state index in [4.69, 9.17) is 0 Å². The summed E-state index contributed by atoms with van der Waals surface area (Å²) in [5.41, 5.74) is 0. The number of hydrogen-bond donors (Lipinski definition) is 1. The number of piperazine rings is 2. The Morgan fingerprint density at radius 3 is 1.87 bits per heavy atom. The average Bonchev–Trinajstić information content (AvgIpc) is 2.75. The van der Waals surface area contributed by atoms with Gasteiger partial charge >= 0.3 is 0 Å². The van der Waals surface area contributed by atoms with Gasteiger partial charge in [0.05, 0.1) is 8.95 Å². The highest BCUT2D eigenvalue weighted by Gasteiger charge is 2.26. The van der Waals surface area contributed by atoms with Gasteiger partial charge in [-0.05, 0) is 45.7 Å². The lowest BCUT2D eigenvalue weighted by molar-refractivity contribution is -0.131. The summed E-state index contributed by atoms with van der Waals surface area (Å²) in [5, 5.41) is 3.39. The van der Waals surface area contributed by atoms with Gasteiger partial charge in [0.1, 0.15) is 0 Å². The van der Waals surface area contributed by atoms with Crippen LogP contribution in [-0.4, -0.2) is 82.1 Å². The number of hydrogen-bond acceptors (Lipinski definition) is 8. The molecule has 0 spiro atoms. The number of amides is 1. The van der Waals surface area contributed by atoms with Crippen LogP contribution in [0.25, 0.3) is 0 Å². The molecule has 168 valence electrons. The maximum absolute atomic E-state index is 11.4. The zero-order chi connectivity index (χ0) is 22.4. The highest BCUT2D eigenvalue weighted by molar-refractivity contribution is 9.10. The van der Waals surface area contributed by atoms with Gasteiger partial charge in [0.15, 0.2) is 0 Å². The molecule has 0 saturated carbocycles. The zero-order valence-electron chi connectivity index (χ0n) is 18.0. The van der Waals surface area contributed by atoms with Crippen molar-refractivity contribution in [3.8, 4) is 0 Å². The van der Waals surface area contributed by atoms with Crippen molar-refractivity contribution in [2.75, 3.05) is 49.1 Å². The minimum absolute atomic E-state index is 0.133. The number of nitrogens with one attached hydrogen (secondary N) is 1. The summed E-state index contributed by atoms with van der Waals surface area (Å²) >= 11 is 6.64. The summed E-state index contributed by atoms with van der Waals surface area (Å²) in [6.07, 6.45) is 7.05. The van der Waals surface area contributed by atoms with E-state index in [2.05, 4.69) is 73.8 Å². The van der Waals surface area contributed by atoms with E-state index >= 15 is 0 Å². The molecule has 1 amide bonds. The maximum Gasteiger partial charge on any atom is 0.225 e. The third-order valence-corrected chi connectivity index (χ3v) is 6.00. The summed E-state index contributed by atoms with van der Waals surface area (Å²) in [5.74, 6) is 1.68. The normalized spacial score (nSPS) is 21.4. The minimum Gasteiger partial charge on any atom is -0.338 e. The molecule has 2 fully saturated rings. The van der Waals surface area contributed by atoms with Crippen molar-refractivity contribution in [3.05, 3.63) is 33.7 Å². The lowest BCUT2D eigenvalue weighted by Crippen LogP contribution is -2.53. The molecule has 0 aromatic carbocycles. The van der Waals surface area contributed by atoms with Crippen LogP contribution in [0.3, 0.4) is 0 Å². The van der Waals surface area contributed by atoms with E-state index in [-0.39, 0.29) is 11.9 Å². The van der Waals surface area contributed by atoms with Crippen molar-refractivity contribution in [2.24, 2.45) is 0 Å². The van der Waals surface area contributed by atoms with Crippen molar-refractivity contribution < 1.29 is 4.79 Å². The predicted molar refractivity (Wildman–Crippen MR) is 128 cm³/mol. The van der Waals surface area contributed by atoms with E-state index in [0.717, 1.165) is 60.1 Å². The number of rotatable bonds is 2. The first-order valence-electron chi connectivity index (χ1n) is 10.3. The van der Waals surface area contributed by atoms with Crippen molar-refractivity contribution >= 4 is 49.7 Å². The van der Waals surface area contributed by atoms with Gasteiger partial charge in [-0.3, -0.25) is 4.79 Å². The molecule has 4 heterocycles.